The molecule has 1 N–H and O–H groups in total. The third-order valence-corrected chi connectivity index (χ3v) is 2.76. The van der Waals surface area contributed by atoms with Gasteiger partial charge >= 0.3 is 0 Å². The maximum Gasteiger partial charge on any atom is 0.142 e. The summed E-state index contributed by atoms with van der Waals surface area (Å²) in [5, 5.41) is 3.36. The molecule has 0 aliphatic heterocycles. The molecule has 0 aliphatic carbocycles. The van der Waals surface area contributed by atoms with Crippen molar-refractivity contribution in [3.63, 3.8) is 0 Å². The van der Waals surface area contributed by atoms with Crippen molar-refractivity contribution in [3.05, 3.63) is 36.4 Å². The summed E-state index contributed by atoms with van der Waals surface area (Å²) in [4.78, 5) is 2.16. The standard InChI is InChI=1S/C15H24N2O/c1-5-10-16-11-13(2)12-17(3)14-8-6-7-9-15(14)18-4/h6-9,16H,2,5,10-12H2,1,3-4H3. The summed E-state index contributed by atoms with van der Waals surface area (Å²) in [5.41, 5.74) is 2.27. The van der Waals surface area contributed by atoms with E-state index in [-0.39, 0.29) is 0 Å². The molecular weight excluding hydrogens is 224 g/mol. The van der Waals surface area contributed by atoms with E-state index in [2.05, 4.69) is 36.8 Å². The van der Waals surface area contributed by atoms with Crippen LogP contribution < -0.4 is 15.0 Å². The van der Waals surface area contributed by atoms with Crippen LogP contribution in [0.25, 0.3) is 0 Å². The van der Waals surface area contributed by atoms with Gasteiger partial charge in [-0.2, -0.15) is 0 Å². The molecule has 0 atom stereocenters. The van der Waals surface area contributed by atoms with Crippen LogP contribution in [0.2, 0.25) is 0 Å². The smallest absolute Gasteiger partial charge is 0.142 e. The summed E-state index contributed by atoms with van der Waals surface area (Å²) in [7, 11) is 3.76. The Kier molecular flexibility index (Phi) is 6.29. The third-order valence-electron chi connectivity index (χ3n) is 2.76. The molecule has 1 aromatic carbocycles. The topological polar surface area (TPSA) is 24.5 Å². The minimum atomic E-state index is 0.830. The largest absolute Gasteiger partial charge is 0.495 e. The van der Waals surface area contributed by atoms with Gasteiger partial charge in [0.05, 0.1) is 12.8 Å². The molecule has 0 fully saturated rings. The van der Waals surface area contributed by atoms with E-state index in [0.29, 0.717) is 0 Å². The van der Waals surface area contributed by atoms with E-state index in [1.165, 1.54) is 5.57 Å². The summed E-state index contributed by atoms with van der Waals surface area (Å²) >= 11 is 0. The number of nitrogens with zero attached hydrogens (tertiary/aromatic N) is 1. The first-order chi connectivity index (χ1) is 8.69. The Hall–Kier alpha value is -1.48. The van der Waals surface area contributed by atoms with E-state index in [4.69, 9.17) is 4.74 Å². The van der Waals surface area contributed by atoms with Crippen molar-refractivity contribution >= 4 is 5.69 Å². The molecule has 1 aromatic rings. The molecule has 0 spiro atoms. The van der Waals surface area contributed by atoms with Crippen LogP contribution in [0.15, 0.2) is 36.4 Å². The van der Waals surface area contributed by atoms with Crippen LogP contribution in [-0.4, -0.2) is 33.8 Å². The van der Waals surface area contributed by atoms with Crippen LogP contribution in [0.5, 0.6) is 5.75 Å². The van der Waals surface area contributed by atoms with Gasteiger partial charge in [-0.25, -0.2) is 0 Å². The third kappa shape index (κ3) is 4.41. The predicted molar refractivity (Wildman–Crippen MR) is 78.6 cm³/mol. The molecule has 0 bridgehead atoms. The van der Waals surface area contributed by atoms with Crippen molar-refractivity contribution in [3.8, 4) is 5.75 Å². The van der Waals surface area contributed by atoms with Gasteiger partial charge in [0, 0.05) is 20.1 Å². The molecule has 0 heterocycles. The van der Waals surface area contributed by atoms with Crippen molar-refractivity contribution in [2.24, 2.45) is 0 Å². The number of methoxy groups -OCH3 is 1. The molecule has 0 saturated heterocycles. The summed E-state index contributed by atoms with van der Waals surface area (Å²) in [5.74, 6) is 0.898. The summed E-state index contributed by atoms with van der Waals surface area (Å²) < 4.78 is 5.36. The van der Waals surface area contributed by atoms with Crippen LogP contribution in [0.3, 0.4) is 0 Å². The van der Waals surface area contributed by atoms with Crippen molar-refractivity contribution in [2.45, 2.75) is 13.3 Å². The normalized spacial score (nSPS) is 10.2. The molecule has 0 aromatic heterocycles. The van der Waals surface area contributed by atoms with E-state index < -0.39 is 0 Å². The van der Waals surface area contributed by atoms with Gasteiger partial charge in [-0.15, -0.1) is 0 Å². The highest BCUT2D eigenvalue weighted by Crippen LogP contribution is 2.26. The van der Waals surface area contributed by atoms with Crippen LogP contribution in [-0.2, 0) is 0 Å². The molecular formula is C15H24N2O. The highest BCUT2D eigenvalue weighted by Gasteiger charge is 2.07. The summed E-state index contributed by atoms with van der Waals surface area (Å²) in [6.07, 6.45) is 1.15. The van der Waals surface area contributed by atoms with Gasteiger partial charge in [0.25, 0.3) is 0 Å². The zero-order valence-electron chi connectivity index (χ0n) is 11.7. The molecule has 100 valence electrons. The number of para-hydroxylation sites is 2. The molecule has 18 heavy (non-hydrogen) atoms. The lowest BCUT2D eigenvalue weighted by Crippen LogP contribution is -2.26. The number of hydrogen-bond acceptors (Lipinski definition) is 3. The first-order valence-electron chi connectivity index (χ1n) is 6.40. The molecule has 0 unspecified atom stereocenters. The quantitative estimate of drug-likeness (QED) is 0.565. The van der Waals surface area contributed by atoms with Gasteiger partial charge in [-0.3, -0.25) is 0 Å². The van der Waals surface area contributed by atoms with E-state index >= 15 is 0 Å². The first-order valence-corrected chi connectivity index (χ1v) is 6.40. The predicted octanol–water partition coefficient (Wildman–Crippen LogP) is 2.69. The molecule has 3 heteroatoms. The fourth-order valence-electron chi connectivity index (χ4n) is 1.86. The van der Waals surface area contributed by atoms with E-state index in [1.54, 1.807) is 7.11 Å². The lowest BCUT2D eigenvalue weighted by Gasteiger charge is -2.22. The zero-order valence-corrected chi connectivity index (χ0v) is 11.7. The van der Waals surface area contributed by atoms with Crippen molar-refractivity contribution in [2.75, 3.05) is 38.7 Å². The second kappa shape index (κ2) is 7.77. The number of anilines is 1. The number of hydrogen-bond donors (Lipinski definition) is 1. The Bertz CT molecular complexity index is 377. The van der Waals surface area contributed by atoms with Crippen molar-refractivity contribution in [1.29, 1.82) is 0 Å². The molecule has 0 amide bonds. The van der Waals surface area contributed by atoms with Crippen LogP contribution in [0.1, 0.15) is 13.3 Å². The highest BCUT2D eigenvalue weighted by molar-refractivity contribution is 5.58. The maximum absolute atomic E-state index is 5.36. The fraction of sp³-hybridized carbons (Fsp3) is 0.467. The minimum Gasteiger partial charge on any atom is -0.495 e. The number of rotatable bonds is 8. The van der Waals surface area contributed by atoms with Crippen LogP contribution in [0.4, 0.5) is 5.69 Å². The second-order valence-electron chi connectivity index (χ2n) is 4.45. The minimum absolute atomic E-state index is 0.830. The zero-order chi connectivity index (χ0) is 13.4. The Balaban J connectivity index is 2.53. The average Bonchev–Trinajstić information content (AvgIpc) is 2.39. The van der Waals surface area contributed by atoms with Crippen molar-refractivity contribution in [1.82, 2.24) is 5.32 Å². The molecule has 1 rings (SSSR count). The van der Waals surface area contributed by atoms with Crippen LogP contribution in [0, 0.1) is 0 Å². The van der Waals surface area contributed by atoms with E-state index in [1.807, 2.05) is 18.2 Å². The van der Waals surface area contributed by atoms with Crippen molar-refractivity contribution < 1.29 is 4.74 Å². The maximum atomic E-state index is 5.36. The first kappa shape index (κ1) is 14.6. The number of benzene rings is 1. The van der Waals surface area contributed by atoms with Gasteiger partial charge in [0.2, 0.25) is 0 Å². The highest BCUT2D eigenvalue weighted by atomic mass is 16.5. The number of likely N-dealkylation sites (N-methyl/N-ethyl adjacent to an activating group) is 1. The Morgan fingerprint density at radius 1 is 1.39 bits per heavy atom. The average molecular weight is 248 g/mol. The lowest BCUT2D eigenvalue weighted by molar-refractivity contribution is 0.415. The molecule has 0 radical (unpaired) electrons. The molecule has 0 aliphatic rings. The Labute approximate surface area is 110 Å². The molecule has 0 saturated carbocycles. The van der Waals surface area contributed by atoms with Gasteiger partial charge in [-0.05, 0) is 30.7 Å². The lowest BCUT2D eigenvalue weighted by atomic mass is 10.2. The SMILES string of the molecule is C=C(CNCCC)CN(C)c1ccccc1OC. The Morgan fingerprint density at radius 2 is 2.11 bits per heavy atom. The van der Waals surface area contributed by atoms with Gasteiger partial charge in [0.15, 0.2) is 0 Å². The Morgan fingerprint density at radius 3 is 2.78 bits per heavy atom. The monoisotopic (exact) mass is 248 g/mol. The van der Waals surface area contributed by atoms with Gasteiger partial charge < -0.3 is 15.0 Å². The second-order valence-corrected chi connectivity index (χ2v) is 4.45. The molecule has 3 nitrogen and oxygen atoms in total. The number of ether oxygens (including phenoxy) is 1. The fourth-order valence-corrected chi connectivity index (χ4v) is 1.86. The number of nitrogens with one attached hydrogen (secondary N) is 1. The summed E-state index contributed by atoms with van der Waals surface area (Å²) in [6.45, 7) is 9.00. The van der Waals surface area contributed by atoms with Gasteiger partial charge in [-0.1, -0.05) is 25.6 Å². The van der Waals surface area contributed by atoms with E-state index in [9.17, 15) is 0 Å². The van der Waals surface area contributed by atoms with Gasteiger partial charge in [0.1, 0.15) is 5.75 Å². The summed E-state index contributed by atoms with van der Waals surface area (Å²) in [6, 6.07) is 8.04. The van der Waals surface area contributed by atoms with Crippen LogP contribution >= 0.6 is 0 Å². The van der Waals surface area contributed by atoms with E-state index in [0.717, 1.165) is 37.5 Å².